The summed E-state index contributed by atoms with van der Waals surface area (Å²) in [5, 5.41) is 0.754. The molecular formula is C18H22ClNO. The molecule has 112 valence electrons. The predicted molar refractivity (Wildman–Crippen MR) is 86.4 cm³/mol. The van der Waals surface area contributed by atoms with E-state index in [2.05, 4.69) is 12.6 Å². The average molecular weight is 304 g/mol. The highest BCUT2D eigenvalue weighted by Gasteiger charge is 2.33. The van der Waals surface area contributed by atoms with Gasteiger partial charge in [-0.1, -0.05) is 43.5 Å². The monoisotopic (exact) mass is 303 g/mol. The number of hydrogen-bond donors (Lipinski definition) is 0. The van der Waals surface area contributed by atoms with Gasteiger partial charge >= 0.3 is 0 Å². The van der Waals surface area contributed by atoms with Gasteiger partial charge in [0.1, 0.15) is 0 Å². The first kappa shape index (κ1) is 14.6. The van der Waals surface area contributed by atoms with Gasteiger partial charge in [0.15, 0.2) is 0 Å². The van der Waals surface area contributed by atoms with Crippen molar-refractivity contribution in [1.29, 1.82) is 0 Å². The smallest absolute Gasteiger partial charge is 0.246 e. The van der Waals surface area contributed by atoms with Crippen LogP contribution in [-0.2, 0) is 11.3 Å². The van der Waals surface area contributed by atoms with Crippen LogP contribution >= 0.6 is 11.6 Å². The number of amides is 1. The van der Waals surface area contributed by atoms with Gasteiger partial charge in [-0.15, -0.1) is 0 Å². The number of halogens is 1. The Bertz CT molecular complexity index is 548. The third-order valence-corrected chi connectivity index (χ3v) is 5.22. The molecule has 0 bridgehead atoms. The Morgan fingerprint density at radius 2 is 2.05 bits per heavy atom. The largest absolute Gasteiger partial charge is 0.334 e. The Hall–Kier alpha value is -1.28. The quantitative estimate of drug-likeness (QED) is 0.735. The molecule has 0 aromatic heterocycles. The van der Waals surface area contributed by atoms with Crippen molar-refractivity contribution in [3.05, 3.63) is 47.0 Å². The maximum absolute atomic E-state index is 12.1. The molecule has 1 aliphatic carbocycles. The van der Waals surface area contributed by atoms with Crippen LogP contribution in [0.5, 0.6) is 0 Å². The van der Waals surface area contributed by atoms with Gasteiger partial charge in [-0.05, 0) is 48.1 Å². The van der Waals surface area contributed by atoms with Crippen LogP contribution in [0.25, 0.3) is 0 Å². The first-order chi connectivity index (χ1) is 10.2. The molecule has 1 amide bonds. The maximum atomic E-state index is 12.1. The highest BCUT2D eigenvalue weighted by atomic mass is 35.5. The summed E-state index contributed by atoms with van der Waals surface area (Å²) in [6.07, 6.45) is 7.98. The molecule has 2 aliphatic rings. The molecule has 2 nitrogen and oxygen atoms in total. The molecule has 0 radical (unpaired) electrons. The summed E-state index contributed by atoms with van der Waals surface area (Å²) >= 11 is 6.15. The van der Waals surface area contributed by atoms with E-state index in [4.69, 9.17) is 11.6 Å². The molecule has 1 aromatic rings. The molecule has 1 fully saturated rings. The lowest BCUT2D eigenvalue weighted by molar-refractivity contribution is -0.127. The van der Waals surface area contributed by atoms with Crippen molar-refractivity contribution < 1.29 is 4.79 Å². The summed E-state index contributed by atoms with van der Waals surface area (Å²) in [7, 11) is 0. The number of carbonyl (C=O) groups excluding carboxylic acids is 1. The van der Waals surface area contributed by atoms with Crippen molar-refractivity contribution in [2.45, 2.75) is 44.6 Å². The van der Waals surface area contributed by atoms with Crippen molar-refractivity contribution in [2.24, 2.45) is 5.92 Å². The van der Waals surface area contributed by atoms with E-state index in [1.807, 2.05) is 17.0 Å². The van der Waals surface area contributed by atoms with Gasteiger partial charge in [0.05, 0.1) is 0 Å². The van der Waals surface area contributed by atoms with Crippen LogP contribution in [0.2, 0.25) is 5.02 Å². The molecule has 3 rings (SSSR count). The highest BCUT2D eigenvalue weighted by Crippen LogP contribution is 2.41. The van der Waals surface area contributed by atoms with Crippen molar-refractivity contribution >= 4 is 17.5 Å². The summed E-state index contributed by atoms with van der Waals surface area (Å²) in [5.74, 6) is 1.18. The minimum Gasteiger partial charge on any atom is -0.334 e. The fourth-order valence-electron chi connectivity index (χ4n) is 3.92. The molecule has 0 unspecified atom stereocenters. The zero-order valence-corrected chi connectivity index (χ0v) is 13.1. The van der Waals surface area contributed by atoms with Crippen LogP contribution < -0.4 is 0 Å². The first-order valence-electron chi connectivity index (χ1n) is 7.88. The van der Waals surface area contributed by atoms with Crippen molar-refractivity contribution in [3.8, 4) is 0 Å². The SMILES string of the molecule is C=CC(=O)N1Cc2cc(Cl)ccc2[C@@H](C2CCCCC2)C1. The van der Waals surface area contributed by atoms with E-state index in [1.165, 1.54) is 49.3 Å². The fraction of sp³-hybridized carbons (Fsp3) is 0.500. The Labute approximate surface area is 131 Å². The summed E-state index contributed by atoms with van der Waals surface area (Å²) in [5.41, 5.74) is 2.61. The number of fused-ring (bicyclic) bond motifs is 1. The molecule has 1 atom stereocenters. The van der Waals surface area contributed by atoms with Gasteiger partial charge in [0.2, 0.25) is 5.91 Å². The topological polar surface area (TPSA) is 20.3 Å². The van der Waals surface area contributed by atoms with Crippen LogP contribution in [-0.4, -0.2) is 17.4 Å². The zero-order valence-electron chi connectivity index (χ0n) is 12.4. The van der Waals surface area contributed by atoms with Gasteiger partial charge in [-0.25, -0.2) is 0 Å². The number of hydrogen-bond acceptors (Lipinski definition) is 1. The average Bonchev–Trinajstić information content (AvgIpc) is 2.53. The highest BCUT2D eigenvalue weighted by molar-refractivity contribution is 6.30. The minimum atomic E-state index is 0.0291. The van der Waals surface area contributed by atoms with Gasteiger partial charge in [0.25, 0.3) is 0 Å². The Balaban J connectivity index is 1.93. The maximum Gasteiger partial charge on any atom is 0.246 e. The Morgan fingerprint density at radius 1 is 1.29 bits per heavy atom. The van der Waals surface area contributed by atoms with Crippen molar-refractivity contribution in [1.82, 2.24) is 4.90 Å². The molecule has 1 heterocycles. The van der Waals surface area contributed by atoms with Crippen molar-refractivity contribution in [2.75, 3.05) is 6.54 Å². The number of nitrogens with zero attached hydrogens (tertiary/aromatic N) is 1. The predicted octanol–water partition coefficient (Wildman–Crippen LogP) is 4.53. The second-order valence-corrected chi connectivity index (χ2v) is 6.71. The van der Waals surface area contributed by atoms with E-state index in [0.29, 0.717) is 18.4 Å². The van der Waals surface area contributed by atoms with E-state index >= 15 is 0 Å². The molecule has 1 aliphatic heterocycles. The van der Waals surface area contributed by atoms with Gasteiger partial charge in [-0.3, -0.25) is 4.79 Å². The lowest BCUT2D eigenvalue weighted by atomic mass is 9.74. The van der Waals surface area contributed by atoms with Crippen molar-refractivity contribution in [3.63, 3.8) is 0 Å². The molecule has 0 saturated heterocycles. The lowest BCUT2D eigenvalue weighted by Crippen LogP contribution is -2.40. The fourth-order valence-corrected chi connectivity index (χ4v) is 4.11. The van der Waals surface area contributed by atoms with E-state index < -0.39 is 0 Å². The standard InChI is InChI=1S/C18H22ClNO/c1-2-18(21)20-11-14-10-15(19)8-9-16(14)17(12-20)13-6-4-3-5-7-13/h2,8-10,13,17H,1,3-7,11-12H2/t17-/m1/s1. The van der Waals surface area contributed by atoms with Crippen LogP contribution in [0.4, 0.5) is 0 Å². The first-order valence-corrected chi connectivity index (χ1v) is 8.26. The van der Waals surface area contributed by atoms with Gasteiger partial charge < -0.3 is 4.90 Å². The van der Waals surface area contributed by atoms with Gasteiger partial charge in [-0.2, -0.15) is 0 Å². The van der Waals surface area contributed by atoms with E-state index in [0.717, 1.165) is 11.6 Å². The molecule has 0 N–H and O–H groups in total. The summed E-state index contributed by atoms with van der Waals surface area (Å²) < 4.78 is 0. The zero-order chi connectivity index (χ0) is 14.8. The second-order valence-electron chi connectivity index (χ2n) is 6.27. The van der Waals surface area contributed by atoms with E-state index in [9.17, 15) is 4.79 Å². The summed E-state index contributed by atoms with van der Waals surface area (Å²) in [6, 6.07) is 6.18. The second kappa shape index (κ2) is 6.23. The molecule has 1 aromatic carbocycles. The van der Waals surface area contributed by atoms with Crippen LogP contribution in [0, 0.1) is 5.92 Å². The lowest BCUT2D eigenvalue weighted by Gasteiger charge is -2.39. The van der Waals surface area contributed by atoms with E-state index in [1.54, 1.807) is 0 Å². The van der Waals surface area contributed by atoms with Crippen LogP contribution in [0.15, 0.2) is 30.9 Å². The molecule has 3 heteroatoms. The summed E-state index contributed by atoms with van der Waals surface area (Å²) in [6.45, 7) is 5.11. The Morgan fingerprint density at radius 3 is 2.76 bits per heavy atom. The van der Waals surface area contributed by atoms with Crippen LogP contribution in [0.3, 0.4) is 0 Å². The molecule has 0 spiro atoms. The normalized spacial score (nSPS) is 22.7. The van der Waals surface area contributed by atoms with E-state index in [-0.39, 0.29) is 5.91 Å². The minimum absolute atomic E-state index is 0.0291. The molecular weight excluding hydrogens is 282 g/mol. The van der Waals surface area contributed by atoms with Crippen LogP contribution in [0.1, 0.15) is 49.1 Å². The van der Waals surface area contributed by atoms with Gasteiger partial charge in [0, 0.05) is 24.0 Å². The number of benzene rings is 1. The third kappa shape index (κ3) is 3.01. The molecule has 21 heavy (non-hydrogen) atoms. The Kier molecular flexibility index (Phi) is 4.34. The number of rotatable bonds is 2. The molecule has 1 saturated carbocycles. The summed E-state index contributed by atoms with van der Waals surface area (Å²) in [4.78, 5) is 14.0. The third-order valence-electron chi connectivity index (χ3n) is 4.99. The number of carbonyl (C=O) groups is 1.